The number of rotatable bonds is 3. The molecule has 0 saturated carbocycles. The molecule has 1 saturated heterocycles. The van der Waals surface area contributed by atoms with Gasteiger partial charge in [-0.05, 0) is 34.9 Å². The number of hydrogen-bond donors (Lipinski definition) is 4. The van der Waals surface area contributed by atoms with Gasteiger partial charge in [0.05, 0.1) is 6.61 Å². The average Bonchev–Trinajstić information content (AvgIpc) is 2.72. The maximum absolute atomic E-state index is 10.3. The summed E-state index contributed by atoms with van der Waals surface area (Å²) in [7, 11) is 0. The average molecular weight is 374 g/mol. The highest BCUT2D eigenvalue weighted by atomic mass is 16.6. The maximum atomic E-state index is 10.3. The van der Waals surface area contributed by atoms with Crippen molar-refractivity contribution in [2.24, 2.45) is 0 Å². The number of fused-ring (bicyclic) bond motifs is 1. The second-order valence-electron chi connectivity index (χ2n) is 6.73. The molecular weight excluding hydrogens is 352 g/mol. The first-order valence-electron chi connectivity index (χ1n) is 8.89. The summed E-state index contributed by atoms with van der Waals surface area (Å²) in [5.41, 5.74) is 2.42. The molecule has 0 aliphatic carbocycles. The number of hydrogen-bond acceptors (Lipinski definition) is 7. The van der Waals surface area contributed by atoms with Crippen molar-refractivity contribution in [3.05, 3.63) is 48.0 Å². The highest BCUT2D eigenvalue weighted by molar-refractivity contribution is 5.68. The van der Waals surface area contributed by atoms with Crippen LogP contribution in [0.1, 0.15) is 11.7 Å². The fraction of sp³-hybridized carbons (Fsp3) is 0.400. The summed E-state index contributed by atoms with van der Waals surface area (Å²) >= 11 is 0. The summed E-state index contributed by atoms with van der Waals surface area (Å²) in [6.07, 6.45) is -5.89. The topological polar surface area (TPSA) is 109 Å². The van der Waals surface area contributed by atoms with Crippen LogP contribution in [0, 0.1) is 0 Å². The Balaban J connectivity index is 1.64. The van der Waals surface area contributed by atoms with Crippen LogP contribution in [-0.2, 0) is 4.74 Å². The summed E-state index contributed by atoms with van der Waals surface area (Å²) in [6, 6.07) is 13.0. The van der Waals surface area contributed by atoms with Gasteiger partial charge in [-0.1, -0.05) is 24.3 Å². The van der Waals surface area contributed by atoms with Crippen LogP contribution in [0.5, 0.6) is 11.5 Å². The molecule has 2 aliphatic rings. The van der Waals surface area contributed by atoms with E-state index in [9.17, 15) is 20.4 Å². The van der Waals surface area contributed by atoms with Gasteiger partial charge in [-0.15, -0.1) is 0 Å². The van der Waals surface area contributed by atoms with Gasteiger partial charge in [0, 0.05) is 0 Å². The number of aliphatic hydroxyl groups is 4. The molecule has 4 rings (SSSR count). The van der Waals surface area contributed by atoms with E-state index in [0.717, 1.165) is 11.1 Å². The smallest absolute Gasteiger partial charge is 0.161 e. The predicted molar refractivity (Wildman–Crippen MR) is 95.6 cm³/mol. The monoisotopic (exact) mass is 374 g/mol. The molecule has 7 nitrogen and oxygen atoms in total. The van der Waals surface area contributed by atoms with Crippen LogP contribution in [0.25, 0.3) is 11.1 Å². The zero-order valence-corrected chi connectivity index (χ0v) is 14.6. The van der Waals surface area contributed by atoms with Gasteiger partial charge in [0.25, 0.3) is 0 Å². The SMILES string of the molecule is OC[C@H]1O[C@H](c2cccc(-c3ccc4c(c3)OCCO4)c2)[C@@H](O)[C@@H](O)[C@@H]1O. The normalized spacial score (nSPS) is 30.1. The van der Waals surface area contributed by atoms with Crippen molar-refractivity contribution >= 4 is 0 Å². The van der Waals surface area contributed by atoms with E-state index in [1.165, 1.54) is 0 Å². The molecule has 2 aromatic rings. The minimum absolute atomic E-state index is 0.455. The van der Waals surface area contributed by atoms with E-state index in [1.54, 1.807) is 6.07 Å². The van der Waals surface area contributed by atoms with E-state index in [4.69, 9.17) is 14.2 Å². The second kappa shape index (κ2) is 7.46. The van der Waals surface area contributed by atoms with Gasteiger partial charge in [-0.2, -0.15) is 0 Å². The lowest BCUT2D eigenvalue weighted by Crippen LogP contribution is -2.55. The molecule has 0 unspecified atom stereocenters. The van der Waals surface area contributed by atoms with Crippen LogP contribution in [0.4, 0.5) is 0 Å². The summed E-state index contributed by atoms with van der Waals surface area (Å²) in [4.78, 5) is 0. The first-order valence-corrected chi connectivity index (χ1v) is 8.89. The Labute approximate surface area is 156 Å². The third kappa shape index (κ3) is 3.40. The molecule has 2 aliphatic heterocycles. The van der Waals surface area contributed by atoms with Crippen LogP contribution >= 0.6 is 0 Å². The molecule has 27 heavy (non-hydrogen) atoms. The molecule has 2 aromatic carbocycles. The van der Waals surface area contributed by atoms with Gasteiger partial charge >= 0.3 is 0 Å². The standard InChI is InChI=1S/C20H22O7/c21-10-16-17(22)18(23)19(24)20(27-16)13-3-1-2-11(8-13)12-4-5-14-15(9-12)26-7-6-25-14/h1-5,8-9,16-24H,6-7,10H2/t16-,17-,18+,19+,20-/m1/s1. The van der Waals surface area contributed by atoms with Gasteiger partial charge in [0.1, 0.15) is 43.7 Å². The van der Waals surface area contributed by atoms with Crippen molar-refractivity contribution in [3.8, 4) is 22.6 Å². The molecular formula is C20H22O7. The minimum Gasteiger partial charge on any atom is -0.486 e. The van der Waals surface area contributed by atoms with E-state index in [1.807, 2.05) is 36.4 Å². The Hall–Kier alpha value is -2.16. The van der Waals surface area contributed by atoms with Crippen molar-refractivity contribution in [2.75, 3.05) is 19.8 Å². The Morgan fingerprint density at radius 1 is 0.815 bits per heavy atom. The molecule has 0 radical (unpaired) electrons. The molecule has 4 N–H and O–H groups in total. The Morgan fingerprint density at radius 2 is 1.56 bits per heavy atom. The van der Waals surface area contributed by atoms with Crippen LogP contribution in [0.2, 0.25) is 0 Å². The Kier molecular flexibility index (Phi) is 5.03. The number of ether oxygens (including phenoxy) is 3. The fourth-order valence-corrected chi connectivity index (χ4v) is 3.50. The lowest BCUT2D eigenvalue weighted by atomic mass is 9.90. The van der Waals surface area contributed by atoms with Crippen molar-refractivity contribution in [1.29, 1.82) is 0 Å². The van der Waals surface area contributed by atoms with Crippen LogP contribution in [-0.4, -0.2) is 64.7 Å². The third-order valence-electron chi connectivity index (χ3n) is 4.98. The predicted octanol–water partition coefficient (Wildman–Crippen LogP) is 0.640. The molecule has 0 bridgehead atoms. The van der Waals surface area contributed by atoms with Gasteiger partial charge in [-0.3, -0.25) is 0 Å². The first-order chi connectivity index (χ1) is 13.1. The molecule has 0 aromatic heterocycles. The van der Waals surface area contributed by atoms with Crippen molar-refractivity contribution in [3.63, 3.8) is 0 Å². The first kappa shape index (κ1) is 18.2. The zero-order valence-electron chi connectivity index (χ0n) is 14.6. The number of benzene rings is 2. The molecule has 7 heteroatoms. The van der Waals surface area contributed by atoms with Crippen LogP contribution in [0.3, 0.4) is 0 Å². The largest absolute Gasteiger partial charge is 0.486 e. The fourth-order valence-electron chi connectivity index (χ4n) is 3.50. The summed E-state index contributed by atoms with van der Waals surface area (Å²) in [6.45, 7) is 0.573. The quantitative estimate of drug-likeness (QED) is 0.624. The molecule has 5 atom stereocenters. The molecule has 0 spiro atoms. The molecule has 2 heterocycles. The second-order valence-corrected chi connectivity index (χ2v) is 6.73. The molecule has 0 amide bonds. The van der Waals surface area contributed by atoms with Gasteiger partial charge < -0.3 is 34.6 Å². The van der Waals surface area contributed by atoms with Crippen molar-refractivity contribution < 1.29 is 34.6 Å². The third-order valence-corrected chi connectivity index (χ3v) is 4.98. The number of aliphatic hydroxyl groups excluding tert-OH is 4. The Morgan fingerprint density at radius 3 is 2.33 bits per heavy atom. The van der Waals surface area contributed by atoms with Gasteiger partial charge in [0.15, 0.2) is 11.5 Å². The molecule has 1 fully saturated rings. The van der Waals surface area contributed by atoms with E-state index in [0.29, 0.717) is 30.3 Å². The van der Waals surface area contributed by atoms with Crippen LogP contribution in [0.15, 0.2) is 42.5 Å². The van der Waals surface area contributed by atoms with Crippen molar-refractivity contribution in [2.45, 2.75) is 30.5 Å². The van der Waals surface area contributed by atoms with E-state index in [2.05, 4.69) is 0 Å². The minimum atomic E-state index is -1.40. The van der Waals surface area contributed by atoms with Crippen molar-refractivity contribution in [1.82, 2.24) is 0 Å². The summed E-state index contributed by atoms with van der Waals surface area (Å²) < 4.78 is 16.8. The summed E-state index contributed by atoms with van der Waals surface area (Å²) in [5.74, 6) is 1.38. The van der Waals surface area contributed by atoms with Gasteiger partial charge in [-0.25, -0.2) is 0 Å². The maximum Gasteiger partial charge on any atom is 0.161 e. The lowest BCUT2D eigenvalue weighted by Gasteiger charge is -2.40. The highest BCUT2D eigenvalue weighted by Gasteiger charge is 2.43. The van der Waals surface area contributed by atoms with E-state index >= 15 is 0 Å². The lowest BCUT2D eigenvalue weighted by molar-refractivity contribution is -0.231. The Bertz CT molecular complexity index is 807. The highest BCUT2D eigenvalue weighted by Crippen LogP contribution is 2.37. The van der Waals surface area contributed by atoms with Crippen LogP contribution < -0.4 is 9.47 Å². The molecule has 144 valence electrons. The zero-order chi connectivity index (χ0) is 19.0. The van der Waals surface area contributed by atoms with Gasteiger partial charge in [0.2, 0.25) is 0 Å². The van der Waals surface area contributed by atoms with E-state index in [-0.39, 0.29) is 0 Å². The summed E-state index contributed by atoms with van der Waals surface area (Å²) in [5, 5.41) is 39.7. The van der Waals surface area contributed by atoms with E-state index < -0.39 is 37.1 Å².